The van der Waals surface area contributed by atoms with Gasteiger partial charge in [0, 0.05) is 12.1 Å². The largest absolute Gasteiger partial charge is 0.464 e. The van der Waals surface area contributed by atoms with E-state index in [2.05, 4.69) is 50.2 Å². The van der Waals surface area contributed by atoms with Crippen LogP contribution in [0.5, 0.6) is 0 Å². The highest BCUT2D eigenvalue weighted by atomic mass is 16.3. The van der Waals surface area contributed by atoms with Gasteiger partial charge < -0.3 is 14.2 Å². The molecule has 0 aliphatic carbocycles. The van der Waals surface area contributed by atoms with E-state index >= 15 is 0 Å². The molecule has 1 atom stereocenters. The molecular formula is C26H33N2O2+. The molecule has 2 aromatic carbocycles. The van der Waals surface area contributed by atoms with Crippen LogP contribution in [0.25, 0.3) is 0 Å². The molecule has 0 fully saturated rings. The van der Waals surface area contributed by atoms with Gasteiger partial charge >= 0.3 is 0 Å². The first kappa shape index (κ1) is 21.8. The van der Waals surface area contributed by atoms with Gasteiger partial charge in [-0.2, -0.15) is 0 Å². The van der Waals surface area contributed by atoms with Crippen molar-refractivity contribution in [1.29, 1.82) is 0 Å². The number of hydrogen-bond donors (Lipinski definition) is 1. The molecule has 3 rings (SSSR count). The molecule has 1 heterocycles. The standard InChI is InChI=1S/C26H32N2O2/c1-21(2)28(18-24-12-8-5-9-13-24)20-26(29)27(19-25-15-14-22(3)30-25)17-16-23-10-6-4-7-11-23/h4-15,21H,16-20H2,1-3H3/p+1. The van der Waals surface area contributed by atoms with Gasteiger partial charge in [0.15, 0.2) is 6.54 Å². The van der Waals surface area contributed by atoms with E-state index in [0.29, 0.717) is 25.7 Å². The van der Waals surface area contributed by atoms with Gasteiger partial charge in [0.25, 0.3) is 5.91 Å². The summed E-state index contributed by atoms with van der Waals surface area (Å²) in [6.07, 6.45) is 0.835. The van der Waals surface area contributed by atoms with E-state index in [9.17, 15) is 4.79 Å². The van der Waals surface area contributed by atoms with Crippen molar-refractivity contribution >= 4 is 5.91 Å². The van der Waals surface area contributed by atoms with Crippen LogP contribution in [0.4, 0.5) is 0 Å². The van der Waals surface area contributed by atoms with Crippen LogP contribution >= 0.6 is 0 Å². The minimum Gasteiger partial charge on any atom is -0.464 e. The second kappa shape index (κ2) is 10.8. The SMILES string of the molecule is Cc1ccc(CN(CCc2ccccc2)C(=O)C[NH+](Cc2ccccc2)C(C)C)o1. The summed E-state index contributed by atoms with van der Waals surface area (Å²) in [5, 5.41) is 0. The smallest absolute Gasteiger partial charge is 0.278 e. The maximum absolute atomic E-state index is 13.3. The van der Waals surface area contributed by atoms with Gasteiger partial charge in [-0.15, -0.1) is 0 Å². The lowest BCUT2D eigenvalue weighted by Crippen LogP contribution is -3.14. The molecule has 3 aromatic rings. The third-order valence-corrected chi connectivity index (χ3v) is 5.48. The monoisotopic (exact) mass is 405 g/mol. The molecule has 0 radical (unpaired) electrons. The van der Waals surface area contributed by atoms with Gasteiger partial charge in [-0.05, 0) is 44.9 Å². The summed E-state index contributed by atoms with van der Waals surface area (Å²) in [5.41, 5.74) is 2.50. The first-order valence-corrected chi connectivity index (χ1v) is 10.8. The lowest BCUT2D eigenvalue weighted by atomic mass is 10.1. The van der Waals surface area contributed by atoms with Crippen molar-refractivity contribution in [2.24, 2.45) is 0 Å². The number of benzene rings is 2. The number of nitrogens with one attached hydrogen (secondary N) is 1. The van der Waals surface area contributed by atoms with Gasteiger partial charge in [0.2, 0.25) is 0 Å². The Labute approximate surface area is 180 Å². The predicted octanol–water partition coefficient (Wildman–Crippen LogP) is 3.65. The van der Waals surface area contributed by atoms with Crippen molar-refractivity contribution in [2.45, 2.75) is 46.3 Å². The first-order chi connectivity index (χ1) is 14.5. The van der Waals surface area contributed by atoms with Crippen molar-refractivity contribution in [3.63, 3.8) is 0 Å². The lowest BCUT2D eigenvalue weighted by Gasteiger charge is -2.27. The Morgan fingerprint density at radius 3 is 2.13 bits per heavy atom. The van der Waals surface area contributed by atoms with Crippen LogP contribution in [0, 0.1) is 6.92 Å². The van der Waals surface area contributed by atoms with E-state index in [1.807, 2.05) is 48.2 Å². The van der Waals surface area contributed by atoms with Gasteiger partial charge in [-0.1, -0.05) is 60.7 Å². The molecule has 0 saturated carbocycles. The summed E-state index contributed by atoms with van der Waals surface area (Å²) < 4.78 is 5.76. The molecule has 0 aliphatic heterocycles. The first-order valence-electron chi connectivity index (χ1n) is 10.8. The molecule has 30 heavy (non-hydrogen) atoms. The van der Waals surface area contributed by atoms with Crippen molar-refractivity contribution in [2.75, 3.05) is 13.1 Å². The number of hydrogen-bond acceptors (Lipinski definition) is 2. The van der Waals surface area contributed by atoms with Crippen LogP contribution in [-0.2, 0) is 24.3 Å². The predicted molar refractivity (Wildman–Crippen MR) is 120 cm³/mol. The van der Waals surface area contributed by atoms with Gasteiger partial charge in [0.05, 0.1) is 12.6 Å². The van der Waals surface area contributed by atoms with Gasteiger partial charge in [-0.3, -0.25) is 4.79 Å². The Kier molecular flexibility index (Phi) is 7.86. The number of nitrogens with zero attached hydrogens (tertiary/aromatic N) is 1. The molecular weight excluding hydrogens is 372 g/mol. The molecule has 158 valence electrons. The van der Waals surface area contributed by atoms with Gasteiger partial charge in [-0.25, -0.2) is 0 Å². The fraction of sp³-hybridized carbons (Fsp3) is 0.346. The fourth-order valence-corrected chi connectivity index (χ4v) is 3.59. The summed E-state index contributed by atoms with van der Waals surface area (Å²) in [7, 11) is 0. The topological polar surface area (TPSA) is 37.9 Å². The Morgan fingerprint density at radius 2 is 1.57 bits per heavy atom. The number of rotatable bonds is 10. The van der Waals surface area contributed by atoms with Crippen molar-refractivity contribution < 1.29 is 14.1 Å². The third-order valence-electron chi connectivity index (χ3n) is 5.48. The summed E-state index contributed by atoms with van der Waals surface area (Å²) in [4.78, 5) is 16.6. The van der Waals surface area contributed by atoms with E-state index in [4.69, 9.17) is 4.42 Å². The summed E-state index contributed by atoms with van der Waals surface area (Å²) in [6, 6.07) is 25.0. The zero-order valence-corrected chi connectivity index (χ0v) is 18.3. The Balaban J connectivity index is 1.70. The fourth-order valence-electron chi connectivity index (χ4n) is 3.59. The highest BCUT2D eigenvalue weighted by Gasteiger charge is 2.23. The van der Waals surface area contributed by atoms with Crippen LogP contribution in [-0.4, -0.2) is 29.9 Å². The molecule has 4 nitrogen and oxygen atoms in total. The van der Waals surface area contributed by atoms with E-state index in [1.165, 1.54) is 16.0 Å². The molecule has 1 N–H and O–H groups in total. The lowest BCUT2D eigenvalue weighted by molar-refractivity contribution is -0.927. The van der Waals surface area contributed by atoms with Crippen LogP contribution in [0.2, 0.25) is 0 Å². The van der Waals surface area contributed by atoms with Crippen LogP contribution in [0.1, 0.15) is 36.5 Å². The average molecular weight is 406 g/mol. The van der Waals surface area contributed by atoms with Crippen LogP contribution < -0.4 is 4.90 Å². The average Bonchev–Trinajstić information content (AvgIpc) is 3.16. The zero-order chi connectivity index (χ0) is 21.3. The molecule has 0 saturated heterocycles. The highest BCUT2D eigenvalue weighted by Crippen LogP contribution is 2.11. The maximum Gasteiger partial charge on any atom is 0.278 e. The van der Waals surface area contributed by atoms with Crippen molar-refractivity contribution in [3.8, 4) is 0 Å². The molecule has 0 bridgehead atoms. The molecule has 1 unspecified atom stereocenters. The van der Waals surface area contributed by atoms with Crippen molar-refractivity contribution in [1.82, 2.24) is 4.90 Å². The molecule has 1 aromatic heterocycles. The molecule has 0 aliphatic rings. The number of quaternary nitrogens is 1. The second-order valence-electron chi connectivity index (χ2n) is 8.22. The normalized spacial score (nSPS) is 12.1. The third kappa shape index (κ3) is 6.60. The zero-order valence-electron chi connectivity index (χ0n) is 18.3. The minimum atomic E-state index is 0.166. The quantitative estimate of drug-likeness (QED) is 0.559. The minimum absolute atomic E-state index is 0.166. The number of amides is 1. The second-order valence-corrected chi connectivity index (χ2v) is 8.22. The Morgan fingerprint density at radius 1 is 0.933 bits per heavy atom. The van der Waals surface area contributed by atoms with Crippen LogP contribution in [0.3, 0.4) is 0 Å². The number of furan rings is 1. The number of carbonyl (C=O) groups excluding carboxylic acids is 1. The number of aryl methyl sites for hydroxylation is 1. The van der Waals surface area contributed by atoms with Crippen LogP contribution in [0.15, 0.2) is 77.2 Å². The Hall–Kier alpha value is -2.85. The molecule has 1 amide bonds. The molecule has 0 spiro atoms. The summed E-state index contributed by atoms with van der Waals surface area (Å²) >= 11 is 0. The summed E-state index contributed by atoms with van der Waals surface area (Å²) in [6.45, 7) is 8.79. The van der Waals surface area contributed by atoms with Crippen molar-refractivity contribution in [3.05, 3.63) is 95.4 Å². The highest BCUT2D eigenvalue weighted by molar-refractivity contribution is 5.77. The van der Waals surface area contributed by atoms with E-state index in [0.717, 1.165) is 24.5 Å². The van der Waals surface area contributed by atoms with Gasteiger partial charge in [0.1, 0.15) is 18.1 Å². The van der Waals surface area contributed by atoms with E-state index in [-0.39, 0.29) is 5.91 Å². The number of carbonyl (C=O) groups is 1. The van der Waals surface area contributed by atoms with E-state index in [1.54, 1.807) is 0 Å². The van der Waals surface area contributed by atoms with E-state index < -0.39 is 0 Å². The maximum atomic E-state index is 13.3. The molecule has 4 heteroatoms. The Bertz CT molecular complexity index is 903. The summed E-state index contributed by atoms with van der Waals surface area (Å²) in [5.74, 6) is 1.88.